The molecule has 0 saturated heterocycles. The van der Waals surface area contributed by atoms with Crippen molar-refractivity contribution in [1.82, 2.24) is 25.6 Å². The highest BCUT2D eigenvalue weighted by atomic mass is 16.2. The molecule has 0 bridgehead atoms. The maximum atomic E-state index is 12.4. The molecule has 0 atom stereocenters. The lowest BCUT2D eigenvalue weighted by atomic mass is 10.1. The van der Waals surface area contributed by atoms with Gasteiger partial charge in [-0.3, -0.25) is 9.59 Å². The van der Waals surface area contributed by atoms with Crippen molar-refractivity contribution >= 4 is 22.8 Å². The molecular weight excluding hydrogens is 306 g/mol. The predicted octanol–water partition coefficient (Wildman–Crippen LogP) is 1.26. The van der Waals surface area contributed by atoms with Gasteiger partial charge < -0.3 is 10.6 Å². The first-order valence-electron chi connectivity index (χ1n) is 7.48. The number of hydrogen-bond donors (Lipinski definition) is 2. The average molecular weight is 323 g/mol. The second-order valence-corrected chi connectivity index (χ2v) is 5.35. The average Bonchev–Trinajstić information content (AvgIpc) is 3.00. The van der Waals surface area contributed by atoms with Gasteiger partial charge in [-0.15, -0.1) is 5.10 Å². The van der Waals surface area contributed by atoms with Gasteiger partial charge in [0.2, 0.25) is 0 Å². The van der Waals surface area contributed by atoms with Gasteiger partial charge in [-0.05, 0) is 29.8 Å². The van der Waals surface area contributed by atoms with Crippen molar-refractivity contribution in [3.8, 4) is 0 Å². The van der Waals surface area contributed by atoms with Gasteiger partial charge in [0.05, 0.1) is 11.1 Å². The SMILES string of the molecule is CNC(=O)c1cccc(CNC(=O)c2cccc3c2nnn3C)c1. The molecule has 3 aromatic rings. The van der Waals surface area contributed by atoms with E-state index in [1.807, 2.05) is 12.1 Å². The standard InChI is InChI=1S/C17H17N5O2/c1-18-16(23)12-6-3-5-11(9-12)10-19-17(24)13-7-4-8-14-15(13)20-21-22(14)2/h3-9H,10H2,1-2H3,(H,18,23)(H,19,24). The van der Waals surface area contributed by atoms with Crippen LogP contribution in [0, 0.1) is 0 Å². The van der Waals surface area contributed by atoms with Gasteiger partial charge in [-0.2, -0.15) is 0 Å². The van der Waals surface area contributed by atoms with Crippen LogP contribution in [0.3, 0.4) is 0 Å². The lowest BCUT2D eigenvalue weighted by Crippen LogP contribution is -2.23. The Morgan fingerprint density at radius 1 is 1.12 bits per heavy atom. The van der Waals surface area contributed by atoms with E-state index in [2.05, 4.69) is 20.9 Å². The number of nitrogens with zero attached hydrogens (tertiary/aromatic N) is 3. The molecule has 122 valence electrons. The summed E-state index contributed by atoms with van der Waals surface area (Å²) in [6.45, 7) is 0.320. The second-order valence-electron chi connectivity index (χ2n) is 5.35. The molecule has 1 aromatic heterocycles. The number of rotatable bonds is 4. The quantitative estimate of drug-likeness (QED) is 0.756. The summed E-state index contributed by atoms with van der Waals surface area (Å²) in [6.07, 6.45) is 0. The number of carbonyl (C=O) groups is 2. The van der Waals surface area contributed by atoms with Crippen LogP contribution in [0.15, 0.2) is 42.5 Å². The van der Waals surface area contributed by atoms with Gasteiger partial charge in [0, 0.05) is 26.2 Å². The molecule has 24 heavy (non-hydrogen) atoms. The Labute approximate surface area is 138 Å². The zero-order chi connectivity index (χ0) is 17.1. The van der Waals surface area contributed by atoms with Crippen molar-refractivity contribution in [3.63, 3.8) is 0 Å². The van der Waals surface area contributed by atoms with Crippen molar-refractivity contribution in [2.45, 2.75) is 6.54 Å². The minimum Gasteiger partial charge on any atom is -0.355 e. The van der Waals surface area contributed by atoms with Crippen molar-refractivity contribution in [1.29, 1.82) is 0 Å². The van der Waals surface area contributed by atoms with Crippen LogP contribution in [0.25, 0.3) is 11.0 Å². The maximum Gasteiger partial charge on any atom is 0.253 e. The Morgan fingerprint density at radius 2 is 1.92 bits per heavy atom. The molecule has 0 saturated carbocycles. The minimum atomic E-state index is -0.230. The number of nitrogens with one attached hydrogen (secondary N) is 2. The summed E-state index contributed by atoms with van der Waals surface area (Å²) < 4.78 is 1.62. The normalized spacial score (nSPS) is 10.6. The third-order valence-electron chi connectivity index (χ3n) is 3.76. The van der Waals surface area contributed by atoms with Gasteiger partial charge in [0.25, 0.3) is 11.8 Å². The molecule has 2 amide bonds. The van der Waals surface area contributed by atoms with Crippen molar-refractivity contribution < 1.29 is 9.59 Å². The van der Waals surface area contributed by atoms with E-state index >= 15 is 0 Å². The van der Waals surface area contributed by atoms with Gasteiger partial charge in [0.1, 0.15) is 5.52 Å². The van der Waals surface area contributed by atoms with E-state index in [4.69, 9.17) is 0 Å². The van der Waals surface area contributed by atoms with E-state index in [1.54, 1.807) is 49.1 Å². The van der Waals surface area contributed by atoms with Crippen molar-refractivity contribution in [3.05, 3.63) is 59.2 Å². The molecule has 0 spiro atoms. The predicted molar refractivity (Wildman–Crippen MR) is 89.5 cm³/mol. The number of hydrogen-bond acceptors (Lipinski definition) is 4. The van der Waals surface area contributed by atoms with E-state index in [0.29, 0.717) is 23.2 Å². The first-order chi connectivity index (χ1) is 11.6. The molecule has 0 fully saturated rings. The fourth-order valence-corrected chi connectivity index (χ4v) is 2.49. The van der Waals surface area contributed by atoms with Gasteiger partial charge in [-0.1, -0.05) is 23.4 Å². The molecule has 2 aromatic carbocycles. The van der Waals surface area contributed by atoms with E-state index < -0.39 is 0 Å². The Balaban J connectivity index is 1.77. The molecule has 0 unspecified atom stereocenters. The molecule has 0 radical (unpaired) electrons. The molecule has 2 N–H and O–H groups in total. The van der Waals surface area contributed by atoms with Crippen LogP contribution in [0.4, 0.5) is 0 Å². The van der Waals surface area contributed by atoms with Crippen LogP contribution < -0.4 is 10.6 Å². The summed E-state index contributed by atoms with van der Waals surface area (Å²) in [6, 6.07) is 12.5. The Kier molecular flexibility index (Phi) is 4.24. The Morgan fingerprint density at radius 3 is 2.71 bits per heavy atom. The summed E-state index contributed by atoms with van der Waals surface area (Å²) in [5.74, 6) is -0.390. The number of benzene rings is 2. The largest absolute Gasteiger partial charge is 0.355 e. The summed E-state index contributed by atoms with van der Waals surface area (Å²) in [4.78, 5) is 24.1. The van der Waals surface area contributed by atoms with Crippen molar-refractivity contribution in [2.75, 3.05) is 7.05 Å². The topological polar surface area (TPSA) is 88.9 Å². The highest BCUT2D eigenvalue weighted by Gasteiger charge is 2.13. The van der Waals surface area contributed by atoms with Crippen LogP contribution in [0.5, 0.6) is 0 Å². The monoisotopic (exact) mass is 323 g/mol. The van der Waals surface area contributed by atoms with E-state index in [-0.39, 0.29) is 11.8 Å². The molecule has 0 aliphatic carbocycles. The van der Waals surface area contributed by atoms with E-state index in [0.717, 1.165) is 11.1 Å². The summed E-state index contributed by atoms with van der Waals surface area (Å²) >= 11 is 0. The molecule has 0 aliphatic rings. The van der Waals surface area contributed by atoms with Crippen molar-refractivity contribution in [2.24, 2.45) is 7.05 Å². The molecule has 0 aliphatic heterocycles. The highest BCUT2D eigenvalue weighted by Crippen LogP contribution is 2.15. The zero-order valence-electron chi connectivity index (χ0n) is 13.4. The molecule has 7 heteroatoms. The Hall–Kier alpha value is -3.22. The van der Waals surface area contributed by atoms with Crippen LogP contribution in [0.1, 0.15) is 26.3 Å². The van der Waals surface area contributed by atoms with Crippen LogP contribution in [-0.2, 0) is 13.6 Å². The molecule has 1 heterocycles. The fraction of sp³-hybridized carbons (Fsp3) is 0.176. The summed E-state index contributed by atoms with van der Waals surface area (Å²) in [5, 5.41) is 13.4. The molecule has 7 nitrogen and oxygen atoms in total. The molecule has 3 rings (SSSR count). The third-order valence-corrected chi connectivity index (χ3v) is 3.76. The lowest BCUT2D eigenvalue weighted by Gasteiger charge is -2.07. The highest BCUT2D eigenvalue weighted by molar-refractivity contribution is 6.04. The minimum absolute atomic E-state index is 0.160. The van der Waals surface area contributed by atoms with Gasteiger partial charge >= 0.3 is 0 Å². The van der Waals surface area contributed by atoms with Crippen LogP contribution in [0.2, 0.25) is 0 Å². The summed E-state index contributed by atoms with van der Waals surface area (Å²) in [7, 11) is 3.36. The first-order valence-corrected chi connectivity index (χ1v) is 7.48. The lowest BCUT2D eigenvalue weighted by molar-refractivity contribution is 0.0950. The van der Waals surface area contributed by atoms with Crippen LogP contribution >= 0.6 is 0 Å². The second kappa shape index (κ2) is 6.49. The number of carbonyl (C=O) groups excluding carboxylic acids is 2. The van der Waals surface area contributed by atoms with Crippen LogP contribution in [-0.4, -0.2) is 33.9 Å². The summed E-state index contributed by atoms with van der Waals surface area (Å²) in [5.41, 5.74) is 3.24. The molecular formula is C17H17N5O2. The smallest absolute Gasteiger partial charge is 0.253 e. The maximum absolute atomic E-state index is 12.4. The Bertz CT molecular complexity index is 916. The number of fused-ring (bicyclic) bond motifs is 1. The fourth-order valence-electron chi connectivity index (χ4n) is 2.49. The third kappa shape index (κ3) is 2.96. The first kappa shape index (κ1) is 15.7. The van der Waals surface area contributed by atoms with E-state index in [9.17, 15) is 9.59 Å². The number of aryl methyl sites for hydroxylation is 1. The van der Waals surface area contributed by atoms with E-state index in [1.165, 1.54) is 0 Å². The van der Waals surface area contributed by atoms with Gasteiger partial charge in [-0.25, -0.2) is 4.68 Å². The number of amides is 2. The zero-order valence-corrected chi connectivity index (χ0v) is 13.4. The van der Waals surface area contributed by atoms with Gasteiger partial charge in [0.15, 0.2) is 0 Å². The number of aromatic nitrogens is 3.